The van der Waals surface area contributed by atoms with E-state index in [1.807, 2.05) is 13.8 Å². The molecule has 1 aliphatic heterocycles. The van der Waals surface area contributed by atoms with Gasteiger partial charge in [0.2, 0.25) is 29.5 Å². The molecule has 1 heterocycles. The zero-order chi connectivity index (χ0) is 45.7. The maximum Gasteiger partial charge on any atom is 0.408 e. The third kappa shape index (κ3) is 17.1. The van der Waals surface area contributed by atoms with Gasteiger partial charge in [0.1, 0.15) is 35.5 Å². The van der Waals surface area contributed by atoms with Gasteiger partial charge in [0.25, 0.3) is 0 Å². The number of hydrogen-bond acceptors (Lipinski definition) is 10. The third-order valence-electron chi connectivity index (χ3n) is 9.47. The van der Waals surface area contributed by atoms with Gasteiger partial charge in [0, 0.05) is 19.4 Å². The van der Waals surface area contributed by atoms with Crippen LogP contribution in [0.2, 0.25) is 0 Å². The van der Waals surface area contributed by atoms with Crippen molar-refractivity contribution in [2.45, 2.75) is 142 Å². The van der Waals surface area contributed by atoms with E-state index in [9.17, 15) is 43.8 Å². The van der Waals surface area contributed by atoms with Crippen molar-refractivity contribution < 1.29 is 53.2 Å². The monoisotopic (exact) mass is 852 g/mol. The minimum Gasteiger partial charge on any atom is -0.508 e. The van der Waals surface area contributed by atoms with Crippen LogP contribution in [-0.2, 0) is 51.1 Å². The summed E-state index contributed by atoms with van der Waals surface area (Å²) in [7, 11) is 0. The summed E-state index contributed by atoms with van der Waals surface area (Å²) in [5.74, 6) is -4.70. The molecule has 0 aromatic heterocycles. The fourth-order valence-electron chi connectivity index (χ4n) is 6.85. The Morgan fingerprint density at radius 2 is 1.34 bits per heavy atom. The van der Waals surface area contributed by atoms with Crippen LogP contribution in [0.15, 0.2) is 54.6 Å². The van der Waals surface area contributed by atoms with Gasteiger partial charge in [-0.25, -0.2) is 9.59 Å². The number of ether oxygens (including phenoxy) is 2. The average Bonchev–Trinajstić information content (AvgIpc) is 3.64. The first kappa shape index (κ1) is 49.7. The van der Waals surface area contributed by atoms with E-state index in [0.717, 1.165) is 0 Å². The summed E-state index contributed by atoms with van der Waals surface area (Å²) in [4.78, 5) is 94.9. The van der Waals surface area contributed by atoms with Crippen molar-refractivity contribution in [3.05, 3.63) is 65.7 Å². The third-order valence-corrected chi connectivity index (χ3v) is 9.47. The zero-order valence-electron chi connectivity index (χ0n) is 36.7. The van der Waals surface area contributed by atoms with Crippen molar-refractivity contribution in [3.8, 4) is 5.75 Å². The van der Waals surface area contributed by atoms with Gasteiger partial charge in [0.05, 0.1) is 18.2 Å². The summed E-state index contributed by atoms with van der Waals surface area (Å²) in [6.45, 7) is 15.2. The van der Waals surface area contributed by atoms with Gasteiger partial charge in [-0.15, -0.1) is 0 Å². The van der Waals surface area contributed by atoms with E-state index in [2.05, 4.69) is 26.6 Å². The second kappa shape index (κ2) is 22.2. The standard InChI is InChI=1S/C44H64N6O11/c1-26(2)22-31(38(54)49-36(41(57)58)27(3)60-43(4,5)6)47-37(53)32(23-28-14-11-10-12-15-28)46-35(52)25-45-39(55)34-16-13-21-50(34)40(56)33(48-42(59)61-44(7,8)9)24-29-17-19-30(51)20-18-29/h10-12,14-15,17-20,26-27,31-34,36,51H,13,16,21-25H2,1-9H3,(H,45,55)(H,46,52)(H,47,53)(H,48,59)(H,49,54)(H,57,58). The smallest absolute Gasteiger partial charge is 0.408 e. The zero-order valence-corrected chi connectivity index (χ0v) is 36.7. The fourth-order valence-corrected chi connectivity index (χ4v) is 6.85. The van der Waals surface area contributed by atoms with Gasteiger partial charge in [-0.05, 0) is 96.9 Å². The van der Waals surface area contributed by atoms with E-state index < -0.39 is 95.7 Å². The highest BCUT2D eigenvalue weighted by Crippen LogP contribution is 2.21. The maximum atomic E-state index is 14.0. The van der Waals surface area contributed by atoms with Crippen LogP contribution in [-0.4, -0.2) is 117 Å². The number of aromatic hydroxyl groups is 1. The van der Waals surface area contributed by atoms with Crippen molar-refractivity contribution in [2.75, 3.05) is 13.1 Å². The number of phenols is 1. The first-order valence-corrected chi connectivity index (χ1v) is 20.6. The summed E-state index contributed by atoms with van der Waals surface area (Å²) in [5.41, 5.74) is -0.208. The summed E-state index contributed by atoms with van der Waals surface area (Å²) < 4.78 is 11.2. The number of phenolic OH excluding ortho intramolecular Hbond substituents is 1. The van der Waals surface area contributed by atoms with Gasteiger partial charge in [0.15, 0.2) is 6.04 Å². The summed E-state index contributed by atoms with van der Waals surface area (Å²) in [6.07, 6.45) is -0.742. The molecule has 1 fully saturated rings. The van der Waals surface area contributed by atoms with Crippen molar-refractivity contribution in [2.24, 2.45) is 5.92 Å². The molecule has 61 heavy (non-hydrogen) atoms. The van der Waals surface area contributed by atoms with Gasteiger partial charge in [-0.2, -0.15) is 0 Å². The minimum absolute atomic E-state index is 0.0224. The quantitative estimate of drug-likeness (QED) is 0.108. The molecule has 2 aromatic carbocycles. The lowest BCUT2D eigenvalue weighted by atomic mass is 10.0. The number of carbonyl (C=O) groups is 7. The van der Waals surface area contributed by atoms with Crippen LogP contribution in [0.5, 0.6) is 5.75 Å². The van der Waals surface area contributed by atoms with Gasteiger partial charge in [-0.3, -0.25) is 24.0 Å². The Balaban J connectivity index is 1.75. The van der Waals surface area contributed by atoms with Gasteiger partial charge in [-0.1, -0.05) is 56.3 Å². The lowest BCUT2D eigenvalue weighted by Gasteiger charge is -2.31. The van der Waals surface area contributed by atoms with Crippen molar-refractivity contribution in [1.82, 2.24) is 31.5 Å². The highest BCUT2D eigenvalue weighted by atomic mass is 16.6. The Bertz CT molecular complexity index is 1830. The summed E-state index contributed by atoms with van der Waals surface area (Å²) >= 11 is 0. The predicted octanol–water partition coefficient (Wildman–Crippen LogP) is 2.97. The van der Waals surface area contributed by atoms with Crippen molar-refractivity contribution >= 4 is 41.6 Å². The number of aliphatic carboxylic acids is 1. The first-order chi connectivity index (χ1) is 28.4. The average molecular weight is 853 g/mol. The molecule has 6 atom stereocenters. The number of rotatable bonds is 19. The Morgan fingerprint density at radius 1 is 0.754 bits per heavy atom. The Hall–Kier alpha value is -5.71. The molecule has 6 unspecified atom stereocenters. The van der Waals surface area contributed by atoms with E-state index in [-0.39, 0.29) is 37.5 Å². The molecule has 0 saturated carbocycles. The van der Waals surface area contributed by atoms with Crippen LogP contribution in [0.25, 0.3) is 0 Å². The topological polar surface area (TPSA) is 242 Å². The van der Waals surface area contributed by atoms with Gasteiger partial charge >= 0.3 is 12.1 Å². The van der Waals surface area contributed by atoms with E-state index >= 15 is 0 Å². The van der Waals surface area contributed by atoms with Crippen LogP contribution in [0.1, 0.15) is 92.7 Å². The number of alkyl carbamates (subject to hydrolysis) is 1. The highest BCUT2D eigenvalue weighted by Gasteiger charge is 2.39. The molecular formula is C44H64N6O11. The molecular weight excluding hydrogens is 789 g/mol. The maximum absolute atomic E-state index is 14.0. The number of nitrogens with one attached hydrogen (secondary N) is 5. The number of likely N-dealkylation sites (tertiary alicyclic amines) is 1. The molecule has 2 aromatic rings. The number of nitrogens with zero attached hydrogens (tertiary/aromatic N) is 1. The van der Waals surface area contributed by atoms with Crippen molar-refractivity contribution in [3.63, 3.8) is 0 Å². The molecule has 0 bridgehead atoms. The van der Waals surface area contributed by atoms with Gasteiger partial charge < -0.3 is 51.2 Å². The molecule has 336 valence electrons. The molecule has 17 heteroatoms. The normalized spacial score (nSPS) is 16.6. The number of carboxylic acids is 1. The van der Waals surface area contributed by atoms with Crippen LogP contribution < -0.4 is 26.6 Å². The van der Waals surface area contributed by atoms with Crippen LogP contribution in [0.3, 0.4) is 0 Å². The van der Waals surface area contributed by atoms with E-state index in [1.165, 1.54) is 24.0 Å². The number of amides is 6. The highest BCUT2D eigenvalue weighted by molar-refractivity contribution is 5.96. The minimum atomic E-state index is -1.42. The lowest BCUT2D eigenvalue weighted by molar-refractivity contribution is -0.150. The number of carbonyl (C=O) groups excluding carboxylic acids is 6. The van der Waals surface area contributed by atoms with Crippen LogP contribution >= 0.6 is 0 Å². The molecule has 6 amide bonds. The summed E-state index contributed by atoms with van der Waals surface area (Å²) in [6, 6.07) is 9.11. The van der Waals surface area contributed by atoms with Crippen LogP contribution in [0, 0.1) is 5.92 Å². The lowest BCUT2D eigenvalue weighted by Crippen LogP contribution is -2.59. The second-order valence-corrected chi connectivity index (χ2v) is 17.7. The Morgan fingerprint density at radius 3 is 1.92 bits per heavy atom. The summed E-state index contributed by atoms with van der Waals surface area (Å²) in [5, 5.41) is 32.8. The Labute approximate surface area is 358 Å². The van der Waals surface area contributed by atoms with E-state index in [4.69, 9.17) is 9.47 Å². The molecule has 3 rings (SSSR count). The first-order valence-electron chi connectivity index (χ1n) is 20.6. The van der Waals surface area contributed by atoms with E-state index in [1.54, 1.807) is 84.0 Å². The van der Waals surface area contributed by atoms with E-state index in [0.29, 0.717) is 24.0 Å². The predicted molar refractivity (Wildman–Crippen MR) is 226 cm³/mol. The molecule has 0 radical (unpaired) electrons. The molecule has 7 N–H and O–H groups in total. The number of benzene rings is 2. The largest absolute Gasteiger partial charge is 0.508 e. The molecule has 17 nitrogen and oxygen atoms in total. The number of hydrogen-bond donors (Lipinski definition) is 7. The molecule has 1 aliphatic rings. The molecule has 1 saturated heterocycles. The number of carboxylic acid groups (broad SMARTS) is 1. The fraction of sp³-hybridized carbons (Fsp3) is 0.568. The second-order valence-electron chi connectivity index (χ2n) is 17.7. The Kier molecular flexibility index (Phi) is 18.1. The molecule has 0 spiro atoms. The SMILES string of the molecule is CC(C)CC(NC(=O)C(Cc1ccccc1)NC(=O)CNC(=O)C1CCCN1C(=O)C(Cc1ccc(O)cc1)NC(=O)OC(C)(C)C)C(=O)NC(C(=O)O)C(C)OC(C)(C)C. The van der Waals surface area contributed by atoms with Crippen LogP contribution in [0.4, 0.5) is 4.79 Å². The van der Waals surface area contributed by atoms with Crippen molar-refractivity contribution in [1.29, 1.82) is 0 Å². The molecule has 0 aliphatic carbocycles.